The van der Waals surface area contributed by atoms with Crippen LogP contribution in [0.2, 0.25) is 5.02 Å². The van der Waals surface area contributed by atoms with Crippen molar-refractivity contribution in [3.05, 3.63) is 53.1 Å². The van der Waals surface area contributed by atoms with Crippen molar-refractivity contribution in [1.29, 1.82) is 0 Å². The molecule has 0 atom stereocenters. The molecular weight excluding hydrogens is 318 g/mol. The van der Waals surface area contributed by atoms with Gasteiger partial charge < -0.3 is 14.8 Å². The van der Waals surface area contributed by atoms with E-state index in [4.69, 9.17) is 21.1 Å². The van der Waals surface area contributed by atoms with Gasteiger partial charge in [0.05, 0.1) is 0 Å². The highest BCUT2D eigenvalue weighted by Gasteiger charge is 2.07. The number of esters is 1. The van der Waals surface area contributed by atoms with Gasteiger partial charge in [-0.2, -0.15) is 0 Å². The maximum absolute atomic E-state index is 11.9. The molecule has 0 saturated heterocycles. The summed E-state index contributed by atoms with van der Waals surface area (Å²) in [6, 6.07) is 11.7. The maximum atomic E-state index is 11.9. The number of nitrogens with one attached hydrogen (secondary N) is 1. The van der Waals surface area contributed by atoms with Gasteiger partial charge in [0.2, 0.25) is 0 Å². The Kier molecular flexibility index (Phi) is 5.60. The van der Waals surface area contributed by atoms with E-state index in [1.54, 1.807) is 42.5 Å². The van der Waals surface area contributed by atoms with Crippen molar-refractivity contribution >= 4 is 29.2 Å². The Hall–Kier alpha value is -2.53. The number of amides is 1. The summed E-state index contributed by atoms with van der Waals surface area (Å²) < 4.78 is 10.4. The molecule has 0 saturated carbocycles. The van der Waals surface area contributed by atoms with Crippen LogP contribution < -0.4 is 14.8 Å². The molecule has 0 aliphatic heterocycles. The minimum atomic E-state index is -0.421. The highest BCUT2D eigenvalue weighted by Crippen LogP contribution is 2.22. The lowest BCUT2D eigenvalue weighted by atomic mass is 10.2. The molecule has 1 N–H and O–H groups in total. The summed E-state index contributed by atoms with van der Waals surface area (Å²) in [4.78, 5) is 22.9. The van der Waals surface area contributed by atoms with Crippen molar-refractivity contribution in [3.8, 4) is 11.5 Å². The van der Waals surface area contributed by atoms with Gasteiger partial charge in [0.15, 0.2) is 6.61 Å². The summed E-state index contributed by atoms with van der Waals surface area (Å²) in [7, 11) is 0. The van der Waals surface area contributed by atoms with Gasteiger partial charge in [0, 0.05) is 23.7 Å². The first-order chi connectivity index (χ1) is 10.9. The van der Waals surface area contributed by atoms with Crippen LogP contribution in [0.5, 0.6) is 11.5 Å². The number of ether oxygens (including phenoxy) is 2. The zero-order chi connectivity index (χ0) is 16.8. The molecule has 0 aliphatic carbocycles. The van der Waals surface area contributed by atoms with Gasteiger partial charge in [-0.25, -0.2) is 0 Å². The van der Waals surface area contributed by atoms with E-state index in [0.29, 0.717) is 22.2 Å². The van der Waals surface area contributed by atoms with Crippen molar-refractivity contribution in [1.82, 2.24) is 0 Å². The minimum absolute atomic E-state index is 0.139. The fourth-order valence-corrected chi connectivity index (χ4v) is 2.15. The van der Waals surface area contributed by atoms with Crippen LogP contribution in [0.3, 0.4) is 0 Å². The Labute approximate surface area is 139 Å². The molecule has 1 amide bonds. The van der Waals surface area contributed by atoms with E-state index in [-0.39, 0.29) is 12.5 Å². The molecule has 2 rings (SSSR count). The molecule has 0 spiro atoms. The summed E-state index contributed by atoms with van der Waals surface area (Å²) in [6.07, 6.45) is 0. The number of anilines is 1. The monoisotopic (exact) mass is 333 g/mol. The standard InChI is InChI=1S/C17H16ClNO4/c1-11-8-13(18)6-7-16(11)22-10-17(21)19-14-4-3-5-15(9-14)23-12(2)20/h3-9H,10H2,1-2H3,(H,19,21). The van der Waals surface area contributed by atoms with Gasteiger partial charge in [-0.15, -0.1) is 0 Å². The molecule has 2 aromatic carbocycles. The van der Waals surface area contributed by atoms with Gasteiger partial charge >= 0.3 is 5.97 Å². The van der Waals surface area contributed by atoms with Crippen LogP contribution in [-0.2, 0) is 9.59 Å². The second-order valence-electron chi connectivity index (χ2n) is 4.87. The third kappa shape index (κ3) is 5.30. The van der Waals surface area contributed by atoms with Crippen LogP contribution in [-0.4, -0.2) is 18.5 Å². The first-order valence-electron chi connectivity index (χ1n) is 6.91. The van der Waals surface area contributed by atoms with E-state index in [1.807, 2.05) is 6.92 Å². The average Bonchev–Trinajstić information content (AvgIpc) is 2.46. The number of carbonyl (C=O) groups is 2. The van der Waals surface area contributed by atoms with Gasteiger partial charge in [-0.3, -0.25) is 9.59 Å². The van der Waals surface area contributed by atoms with E-state index in [9.17, 15) is 9.59 Å². The highest BCUT2D eigenvalue weighted by atomic mass is 35.5. The molecule has 120 valence electrons. The quantitative estimate of drug-likeness (QED) is 0.671. The molecule has 0 fully saturated rings. The first-order valence-corrected chi connectivity index (χ1v) is 7.29. The summed E-state index contributed by atoms with van der Waals surface area (Å²) in [5.74, 6) is 0.220. The van der Waals surface area contributed by atoms with E-state index in [0.717, 1.165) is 5.56 Å². The molecule has 23 heavy (non-hydrogen) atoms. The highest BCUT2D eigenvalue weighted by molar-refractivity contribution is 6.30. The van der Waals surface area contributed by atoms with Crippen molar-refractivity contribution < 1.29 is 19.1 Å². The lowest BCUT2D eigenvalue weighted by Gasteiger charge is -2.10. The van der Waals surface area contributed by atoms with E-state index < -0.39 is 5.97 Å². The number of aryl methyl sites for hydroxylation is 1. The number of rotatable bonds is 5. The summed E-state index contributed by atoms with van der Waals surface area (Å²) in [5.41, 5.74) is 1.37. The van der Waals surface area contributed by atoms with Crippen LogP contribution in [0.25, 0.3) is 0 Å². The van der Waals surface area contributed by atoms with Crippen LogP contribution in [0.1, 0.15) is 12.5 Å². The van der Waals surface area contributed by atoms with E-state index in [1.165, 1.54) is 6.92 Å². The van der Waals surface area contributed by atoms with Crippen molar-refractivity contribution in [2.24, 2.45) is 0 Å². The van der Waals surface area contributed by atoms with Crippen molar-refractivity contribution in [2.75, 3.05) is 11.9 Å². The van der Waals surface area contributed by atoms with Crippen LogP contribution >= 0.6 is 11.6 Å². The Balaban J connectivity index is 1.93. The van der Waals surface area contributed by atoms with E-state index >= 15 is 0 Å². The molecule has 0 aliphatic rings. The molecular formula is C17H16ClNO4. The van der Waals surface area contributed by atoms with Crippen molar-refractivity contribution in [3.63, 3.8) is 0 Å². The number of halogens is 1. The fourth-order valence-electron chi connectivity index (χ4n) is 1.92. The van der Waals surface area contributed by atoms with Gasteiger partial charge in [-0.1, -0.05) is 17.7 Å². The number of hydrogen-bond donors (Lipinski definition) is 1. The lowest BCUT2D eigenvalue weighted by molar-refractivity contribution is -0.131. The Bertz CT molecular complexity index is 730. The number of hydrogen-bond acceptors (Lipinski definition) is 4. The molecule has 0 unspecified atom stereocenters. The summed E-state index contributed by atoms with van der Waals surface area (Å²) in [5, 5.41) is 3.29. The summed E-state index contributed by atoms with van der Waals surface area (Å²) >= 11 is 5.87. The third-order valence-corrected chi connectivity index (χ3v) is 3.11. The normalized spacial score (nSPS) is 10.0. The lowest BCUT2D eigenvalue weighted by Crippen LogP contribution is -2.20. The first kappa shape index (κ1) is 16.8. The minimum Gasteiger partial charge on any atom is -0.483 e. The topological polar surface area (TPSA) is 64.6 Å². The average molecular weight is 334 g/mol. The Morgan fingerprint density at radius 1 is 1.17 bits per heavy atom. The molecule has 0 radical (unpaired) electrons. The predicted octanol–water partition coefficient (Wildman–Crippen LogP) is 3.59. The predicted molar refractivity (Wildman–Crippen MR) is 88.1 cm³/mol. The maximum Gasteiger partial charge on any atom is 0.308 e. The molecule has 0 bridgehead atoms. The zero-order valence-electron chi connectivity index (χ0n) is 12.8. The van der Waals surface area contributed by atoms with Crippen LogP contribution in [0.15, 0.2) is 42.5 Å². The van der Waals surface area contributed by atoms with Gasteiger partial charge in [0.1, 0.15) is 11.5 Å². The number of benzene rings is 2. The molecule has 5 nitrogen and oxygen atoms in total. The Morgan fingerprint density at radius 2 is 1.96 bits per heavy atom. The fraction of sp³-hybridized carbons (Fsp3) is 0.176. The zero-order valence-corrected chi connectivity index (χ0v) is 13.5. The molecule has 6 heteroatoms. The van der Waals surface area contributed by atoms with Gasteiger partial charge in [0.25, 0.3) is 5.91 Å². The van der Waals surface area contributed by atoms with Crippen LogP contribution in [0, 0.1) is 6.92 Å². The van der Waals surface area contributed by atoms with Crippen molar-refractivity contribution in [2.45, 2.75) is 13.8 Å². The smallest absolute Gasteiger partial charge is 0.308 e. The SMILES string of the molecule is CC(=O)Oc1cccc(NC(=O)COc2ccc(Cl)cc2C)c1. The number of carbonyl (C=O) groups excluding carboxylic acids is 2. The van der Waals surface area contributed by atoms with E-state index in [2.05, 4.69) is 5.32 Å². The second-order valence-corrected chi connectivity index (χ2v) is 5.30. The Morgan fingerprint density at radius 3 is 2.65 bits per heavy atom. The molecule has 2 aromatic rings. The second kappa shape index (κ2) is 7.65. The van der Waals surface area contributed by atoms with Gasteiger partial charge in [-0.05, 0) is 42.8 Å². The summed E-state index contributed by atoms with van der Waals surface area (Å²) in [6.45, 7) is 3.02. The van der Waals surface area contributed by atoms with Crippen LogP contribution in [0.4, 0.5) is 5.69 Å². The molecule has 0 heterocycles. The molecule has 0 aromatic heterocycles. The third-order valence-electron chi connectivity index (χ3n) is 2.88. The largest absolute Gasteiger partial charge is 0.483 e.